The van der Waals surface area contributed by atoms with Gasteiger partial charge in [0.15, 0.2) is 0 Å². The molecule has 1 heterocycles. The first-order valence-corrected chi connectivity index (χ1v) is 9.88. The number of hydrazone groups is 1. The molecule has 1 saturated heterocycles. The van der Waals surface area contributed by atoms with Gasteiger partial charge >= 0.3 is 0 Å². The zero-order valence-electron chi connectivity index (χ0n) is 15.8. The fourth-order valence-corrected chi connectivity index (χ4v) is 3.41. The normalized spacial score (nSPS) is 14.2. The van der Waals surface area contributed by atoms with Crippen LogP contribution < -0.4 is 19.8 Å². The van der Waals surface area contributed by atoms with E-state index in [0.717, 1.165) is 41.1 Å². The first-order chi connectivity index (χ1) is 13.6. The van der Waals surface area contributed by atoms with Crippen molar-refractivity contribution in [3.05, 3.63) is 51.1 Å². The van der Waals surface area contributed by atoms with Crippen LogP contribution in [0.1, 0.15) is 15.9 Å². The summed E-state index contributed by atoms with van der Waals surface area (Å²) >= 11 is 2.15. The average molecular weight is 495 g/mol. The van der Waals surface area contributed by atoms with Crippen LogP contribution in [0.2, 0.25) is 0 Å². The molecule has 0 aliphatic carbocycles. The monoisotopic (exact) mass is 495 g/mol. The molecule has 0 spiro atoms. The van der Waals surface area contributed by atoms with Gasteiger partial charge in [-0.25, -0.2) is 5.43 Å². The van der Waals surface area contributed by atoms with Crippen LogP contribution in [0.15, 0.2) is 41.5 Å². The van der Waals surface area contributed by atoms with E-state index in [-0.39, 0.29) is 5.91 Å². The summed E-state index contributed by atoms with van der Waals surface area (Å²) in [6, 6.07) is 11.1. The van der Waals surface area contributed by atoms with E-state index in [1.54, 1.807) is 32.6 Å². The Morgan fingerprint density at radius 3 is 2.61 bits per heavy atom. The topological polar surface area (TPSA) is 72.4 Å². The van der Waals surface area contributed by atoms with Gasteiger partial charge in [-0.2, -0.15) is 5.10 Å². The van der Waals surface area contributed by atoms with Crippen LogP contribution in [0.25, 0.3) is 0 Å². The highest BCUT2D eigenvalue weighted by Gasteiger charge is 2.13. The number of nitrogens with one attached hydrogen (secondary N) is 1. The number of nitrogens with zero attached hydrogens (tertiary/aromatic N) is 2. The molecule has 0 aromatic heterocycles. The van der Waals surface area contributed by atoms with Crippen molar-refractivity contribution in [3.8, 4) is 11.5 Å². The number of halogens is 1. The molecular weight excluding hydrogens is 473 g/mol. The second kappa shape index (κ2) is 9.74. The molecule has 0 radical (unpaired) electrons. The molecule has 8 heteroatoms. The van der Waals surface area contributed by atoms with E-state index in [1.165, 1.54) is 0 Å². The molecule has 2 aromatic rings. The van der Waals surface area contributed by atoms with E-state index < -0.39 is 0 Å². The minimum atomic E-state index is -0.310. The third-order valence-corrected chi connectivity index (χ3v) is 5.27. The maximum atomic E-state index is 12.3. The molecular formula is C20H22IN3O4. The van der Waals surface area contributed by atoms with Crippen LogP contribution in [-0.4, -0.2) is 52.6 Å². The number of benzene rings is 2. The van der Waals surface area contributed by atoms with Crippen molar-refractivity contribution in [1.82, 2.24) is 5.43 Å². The highest BCUT2D eigenvalue weighted by Crippen LogP contribution is 2.25. The third kappa shape index (κ3) is 4.93. The molecule has 0 bridgehead atoms. The van der Waals surface area contributed by atoms with E-state index >= 15 is 0 Å². The molecule has 1 amide bonds. The first kappa shape index (κ1) is 20.4. The summed E-state index contributed by atoms with van der Waals surface area (Å²) in [6.45, 7) is 3.15. The standard InChI is InChI=1S/C20H22IN3O4/c1-26-18-12-16(24-7-9-28-10-8-24)5-3-15(18)13-22-23-20(25)14-4-6-17(21)19(11-14)27-2/h3-6,11-13H,7-10H2,1-2H3,(H,23,25)/b22-13+. The number of methoxy groups -OCH3 is 2. The fourth-order valence-electron chi connectivity index (χ4n) is 2.85. The second-order valence-electron chi connectivity index (χ2n) is 6.07. The van der Waals surface area contributed by atoms with E-state index in [4.69, 9.17) is 14.2 Å². The highest BCUT2D eigenvalue weighted by atomic mass is 127. The summed E-state index contributed by atoms with van der Waals surface area (Å²) in [5, 5.41) is 4.07. The maximum Gasteiger partial charge on any atom is 0.271 e. The van der Waals surface area contributed by atoms with Crippen molar-refractivity contribution >= 4 is 40.4 Å². The van der Waals surface area contributed by atoms with Gasteiger partial charge in [-0.15, -0.1) is 0 Å². The van der Waals surface area contributed by atoms with Crippen LogP contribution >= 0.6 is 22.6 Å². The molecule has 1 aliphatic rings. The summed E-state index contributed by atoms with van der Waals surface area (Å²) in [6.07, 6.45) is 1.57. The predicted octanol–water partition coefficient (Wildman–Crippen LogP) is 2.91. The van der Waals surface area contributed by atoms with Gasteiger partial charge in [-0.3, -0.25) is 4.79 Å². The Hall–Kier alpha value is -2.33. The van der Waals surface area contributed by atoms with Crippen LogP contribution in [-0.2, 0) is 4.74 Å². The largest absolute Gasteiger partial charge is 0.496 e. The number of anilines is 1. The predicted molar refractivity (Wildman–Crippen MR) is 117 cm³/mol. The van der Waals surface area contributed by atoms with E-state index in [9.17, 15) is 4.79 Å². The molecule has 0 unspecified atom stereocenters. The summed E-state index contributed by atoms with van der Waals surface area (Å²) in [4.78, 5) is 14.5. The van der Waals surface area contributed by atoms with Crippen LogP contribution in [0.4, 0.5) is 5.69 Å². The van der Waals surface area contributed by atoms with Gasteiger partial charge in [0.05, 0.1) is 37.2 Å². The molecule has 1 aliphatic heterocycles. The minimum Gasteiger partial charge on any atom is -0.496 e. The Morgan fingerprint density at radius 1 is 1.14 bits per heavy atom. The zero-order chi connectivity index (χ0) is 19.9. The molecule has 7 nitrogen and oxygen atoms in total. The summed E-state index contributed by atoms with van der Waals surface area (Å²) in [5.74, 6) is 1.03. The number of hydrogen-bond donors (Lipinski definition) is 1. The van der Waals surface area contributed by atoms with Gasteiger partial charge in [0, 0.05) is 36.0 Å². The van der Waals surface area contributed by atoms with Gasteiger partial charge < -0.3 is 19.1 Å². The molecule has 3 rings (SSSR count). The van der Waals surface area contributed by atoms with Gasteiger partial charge in [0.1, 0.15) is 11.5 Å². The lowest BCUT2D eigenvalue weighted by Crippen LogP contribution is -2.36. The smallest absolute Gasteiger partial charge is 0.271 e. The van der Waals surface area contributed by atoms with Gasteiger partial charge in [0.25, 0.3) is 5.91 Å². The van der Waals surface area contributed by atoms with Crippen molar-refractivity contribution < 1.29 is 19.0 Å². The molecule has 0 saturated carbocycles. The van der Waals surface area contributed by atoms with Crippen LogP contribution in [0.5, 0.6) is 11.5 Å². The van der Waals surface area contributed by atoms with Crippen molar-refractivity contribution in [3.63, 3.8) is 0 Å². The van der Waals surface area contributed by atoms with Gasteiger partial charge in [-0.1, -0.05) is 0 Å². The molecule has 1 N–H and O–H groups in total. The lowest BCUT2D eigenvalue weighted by Gasteiger charge is -2.29. The van der Waals surface area contributed by atoms with Gasteiger partial charge in [-0.05, 0) is 52.9 Å². The number of rotatable bonds is 6. The molecule has 1 fully saturated rings. The Morgan fingerprint density at radius 2 is 1.89 bits per heavy atom. The lowest BCUT2D eigenvalue weighted by atomic mass is 10.1. The number of carbonyl (C=O) groups is 1. The van der Waals surface area contributed by atoms with Crippen molar-refractivity contribution in [1.29, 1.82) is 0 Å². The Balaban J connectivity index is 1.68. The van der Waals surface area contributed by atoms with Crippen molar-refractivity contribution in [2.24, 2.45) is 5.10 Å². The van der Waals surface area contributed by atoms with Crippen LogP contribution in [0, 0.1) is 3.57 Å². The number of morpholine rings is 1. The molecule has 2 aromatic carbocycles. The van der Waals surface area contributed by atoms with Crippen molar-refractivity contribution in [2.75, 3.05) is 45.4 Å². The number of amides is 1. The Kier molecular flexibility index (Phi) is 7.10. The lowest BCUT2D eigenvalue weighted by molar-refractivity contribution is 0.0954. The SMILES string of the molecule is COc1cc(C(=O)N/N=C/c2ccc(N3CCOCC3)cc2OC)ccc1I. The number of carbonyl (C=O) groups excluding carboxylic acids is 1. The Labute approximate surface area is 177 Å². The van der Waals surface area contributed by atoms with Gasteiger partial charge in [0.2, 0.25) is 0 Å². The average Bonchev–Trinajstić information content (AvgIpc) is 2.74. The van der Waals surface area contributed by atoms with E-state index in [1.807, 2.05) is 24.3 Å². The van der Waals surface area contributed by atoms with Crippen molar-refractivity contribution in [2.45, 2.75) is 0 Å². The first-order valence-electron chi connectivity index (χ1n) is 8.80. The Bertz CT molecular complexity index is 867. The molecule has 148 valence electrons. The summed E-state index contributed by atoms with van der Waals surface area (Å²) in [7, 11) is 3.19. The highest BCUT2D eigenvalue weighted by molar-refractivity contribution is 14.1. The zero-order valence-corrected chi connectivity index (χ0v) is 17.9. The quantitative estimate of drug-likeness (QED) is 0.379. The van der Waals surface area contributed by atoms with E-state index in [0.29, 0.717) is 17.1 Å². The molecule has 28 heavy (non-hydrogen) atoms. The molecule has 0 atom stereocenters. The van der Waals surface area contributed by atoms with Crippen LogP contribution in [0.3, 0.4) is 0 Å². The number of hydrogen-bond acceptors (Lipinski definition) is 6. The number of ether oxygens (including phenoxy) is 3. The second-order valence-corrected chi connectivity index (χ2v) is 7.24. The summed E-state index contributed by atoms with van der Waals surface area (Å²) in [5.41, 5.74) is 4.87. The van der Waals surface area contributed by atoms with E-state index in [2.05, 4.69) is 38.0 Å². The third-order valence-electron chi connectivity index (χ3n) is 4.38. The summed E-state index contributed by atoms with van der Waals surface area (Å²) < 4.78 is 17.1. The fraction of sp³-hybridized carbons (Fsp3) is 0.300. The minimum absolute atomic E-state index is 0.310. The maximum absolute atomic E-state index is 12.3.